The van der Waals surface area contributed by atoms with E-state index in [-0.39, 0.29) is 23.5 Å². The Balaban J connectivity index is 1.77. The van der Waals surface area contributed by atoms with Gasteiger partial charge >= 0.3 is 0 Å². The van der Waals surface area contributed by atoms with Crippen molar-refractivity contribution in [2.45, 2.75) is 6.42 Å². The zero-order chi connectivity index (χ0) is 21.4. The van der Waals surface area contributed by atoms with Crippen LogP contribution in [0.15, 0.2) is 36.9 Å². The summed E-state index contributed by atoms with van der Waals surface area (Å²) in [6, 6.07) is 3.03. The lowest BCUT2D eigenvalue weighted by Gasteiger charge is -2.12. The van der Waals surface area contributed by atoms with Crippen LogP contribution in [-0.2, 0) is 17.8 Å². The third kappa shape index (κ3) is 3.48. The topological polar surface area (TPSA) is 88.0 Å². The number of rotatable bonds is 6. The molecule has 1 atom stereocenters. The smallest absolute Gasteiger partial charge is 0.171 e. The molecule has 0 bridgehead atoms. The molecule has 0 saturated carbocycles. The standard InChI is InChI=1S/C20H18F2N4O3S/c1-28-16-6-17(29-2)19(22)15(18(16)21)5-12-8-24-20-14(12)4-11(7-23-20)13-9-25-26(10-13)30(3)27/h4,6-10H,5H2,1-3H3,(H,23,24). The Hall–Kier alpha value is -3.11. The summed E-state index contributed by atoms with van der Waals surface area (Å²) >= 11 is -1.27. The Morgan fingerprint density at radius 2 is 1.80 bits per heavy atom. The average molecular weight is 432 g/mol. The molecule has 10 heteroatoms. The van der Waals surface area contributed by atoms with Gasteiger partial charge in [-0.1, -0.05) is 4.09 Å². The Labute approximate surface area is 174 Å². The number of pyridine rings is 1. The summed E-state index contributed by atoms with van der Waals surface area (Å²) in [5, 5.41) is 4.77. The number of fused-ring (bicyclic) bond motifs is 1. The molecule has 3 heterocycles. The van der Waals surface area contributed by atoms with E-state index < -0.39 is 23.0 Å². The van der Waals surface area contributed by atoms with Gasteiger partial charge in [0, 0.05) is 47.0 Å². The van der Waals surface area contributed by atoms with Gasteiger partial charge in [0.2, 0.25) is 0 Å². The summed E-state index contributed by atoms with van der Waals surface area (Å²) < 4.78 is 52.5. The first-order valence-corrected chi connectivity index (χ1v) is 10.4. The first-order chi connectivity index (χ1) is 14.4. The molecule has 7 nitrogen and oxygen atoms in total. The van der Waals surface area contributed by atoms with Crippen LogP contribution in [0.4, 0.5) is 8.78 Å². The van der Waals surface area contributed by atoms with Crippen molar-refractivity contribution in [1.82, 2.24) is 19.2 Å². The van der Waals surface area contributed by atoms with Crippen molar-refractivity contribution >= 4 is 22.4 Å². The average Bonchev–Trinajstić information content (AvgIpc) is 3.38. The Morgan fingerprint density at radius 3 is 2.40 bits per heavy atom. The van der Waals surface area contributed by atoms with Gasteiger partial charge < -0.3 is 19.0 Å². The maximum atomic E-state index is 14.8. The predicted molar refractivity (Wildman–Crippen MR) is 109 cm³/mol. The number of ether oxygens (including phenoxy) is 2. The summed E-state index contributed by atoms with van der Waals surface area (Å²) in [6.45, 7) is 0. The molecule has 0 fully saturated rings. The van der Waals surface area contributed by atoms with E-state index in [1.165, 1.54) is 30.6 Å². The summed E-state index contributed by atoms with van der Waals surface area (Å²) in [6.07, 6.45) is 8.04. The fourth-order valence-corrected chi connectivity index (χ4v) is 3.68. The summed E-state index contributed by atoms with van der Waals surface area (Å²) in [5.41, 5.74) is 2.54. The normalized spacial score (nSPS) is 12.3. The van der Waals surface area contributed by atoms with E-state index in [0.29, 0.717) is 16.6 Å². The van der Waals surface area contributed by atoms with E-state index in [4.69, 9.17) is 9.47 Å². The van der Waals surface area contributed by atoms with E-state index >= 15 is 0 Å². The van der Waals surface area contributed by atoms with Gasteiger partial charge in [0.05, 0.1) is 38.0 Å². The van der Waals surface area contributed by atoms with Crippen LogP contribution >= 0.6 is 0 Å². The highest BCUT2D eigenvalue weighted by Crippen LogP contribution is 2.34. The largest absolute Gasteiger partial charge is 0.592 e. The van der Waals surface area contributed by atoms with Gasteiger partial charge in [-0.15, -0.1) is 5.10 Å². The molecule has 3 aromatic heterocycles. The van der Waals surface area contributed by atoms with E-state index in [0.717, 1.165) is 11.1 Å². The van der Waals surface area contributed by atoms with Crippen LogP contribution in [-0.4, -0.2) is 44.2 Å². The number of methoxy groups -OCH3 is 2. The van der Waals surface area contributed by atoms with Gasteiger partial charge in [-0.25, -0.2) is 13.8 Å². The summed E-state index contributed by atoms with van der Waals surface area (Å²) in [5.74, 6) is -1.74. The fraction of sp³-hybridized carbons (Fsp3) is 0.200. The van der Waals surface area contributed by atoms with Gasteiger partial charge in [0.25, 0.3) is 0 Å². The third-order valence-corrected chi connectivity index (χ3v) is 5.53. The molecule has 0 radical (unpaired) electrons. The molecular formula is C20H18F2N4O3S. The number of halogens is 2. The van der Waals surface area contributed by atoms with E-state index in [9.17, 15) is 13.3 Å². The quantitative estimate of drug-likeness (QED) is 0.472. The van der Waals surface area contributed by atoms with E-state index in [1.807, 2.05) is 6.07 Å². The number of H-pyrrole nitrogens is 1. The predicted octanol–water partition coefficient (Wildman–Crippen LogP) is 3.45. The molecule has 0 aliphatic heterocycles. The van der Waals surface area contributed by atoms with Crippen molar-refractivity contribution in [2.24, 2.45) is 0 Å². The molecule has 156 valence electrons. The van der Waals surface area contributed by atoms with Gasteiger partial charge in [-0.2, -0.15) is 0 Å². The SMILES string of the molecule is COc1cc(OC)c(F)c(Cc2c[nH]c3ncc(-c4cnn([S+](C)[O-])c4)cc23)c1F. The molecule has 0 saturated heterocycles. The first kappa shape index (κ1) is 20.2. The van der Waals surface area contributed by atoms with E-state index in [2.05, 4.69) is 15.1 Å². The van der Waals surface area contributed by atoms with Crippen LogP contribution in [0.1, 0.15) is 11.1 Å². The van der Waals surface area contributed by atoms with Crippen LogP contribution in [0.5, 0.6) is 11.5 Å². The molecular weight excluding hydrogens is 414 g/mol. The molecule has 0 amide bonds. The first-order valence-electron chi connectivity index (χ1n) is 8.86. The Kier molecular flexibility index (Phi) is 5.35. The molecule has 30 heavy (non-hydrogen) atoms. The lowest BCUT2D eigenvalue weighted by atomic mass is 10.0. The van der Waals surface area contributed by atoms with Crippen LogP contribution in [0.25, 0.3) is 22.2 Å². The number of aromatic nitrogens is 4. The Bertz CT molecular complexity index is 1190. The number of hydrogen-bond donors (Lipinski definition) is 1. The number of benzene rings is 1. The van der Waals surface area contributed by atoms with E-state index in [1.54, 1.807) is 24.8 Å². The molecule has 0 spiro atoms. The molecule has 1 aromatic carbocycles. The van der Waals surface area contributed by atoms with Gasteiger partial charge in [0.15, 0.2) is 23.1 Å². The minimum atomic E-state index is -1.27. The maximum Gasteiger partial charge on any atom is 0.171 e. The van der Waals surface area contributed by atoms with Crippen LogP contribution in [0.2, 0.25) is 0 Å². The van der Waals surface area contributed by atoms with Crippen molar-refractivity contribution in [3.63, 3.8) is 0 Å². The highest BCUT2D eigenvalue weighted by Gasteiger charge is 2.21. The van der Waals surface area contributed by atoms with Gasteiger partial charge in [-0.3, -0.25) is 0 Å². The zero-order valence-corrected chi connectivity index (χ0v) is 17.2. The van der Waals surface area contributed by atoms with Crippen molar-refractivity contribution < 1.29 is 22.8 Å². The number of aromatic amines is 1. The minimum Gasteiger partial charge on any atom is -0.592 e. The van der Waals surface area contributed by atoms with Crippen LogP contribution in [0.3, 0.4) is 0 Å². The van der Waals surface area contributed by atoms with Crippen LogP contribution < -0.4 is 9.47 Å². The fourth-order valence-electron chi connectivity index (χ4n) is 3.24. The number of hydrogen-bond acceptors (Lipinski definition) is 5. The second kappa shape index (κ2) is 7.96. The third-order valence-electron chi connectivity index (χ3n) is 4.81. The lowest BCUT2D eigenvalue weighted by Crippen LogP contribution is -2.09. The van der Waals surface area contributed by atoms with Crippen molar-refractivity contribution in [3.05, 3.63) is 59.7 Å². The molecule has 0 aliphatic rings. The molecule has 1 N–H and O–H groups in total. The summed E-state index contributed by atoms with van der Waals surface area (Å²) in [4.78, 5) is 7.40. The molecule has 1 unspecified atom stereocenters. The molecule has 4 rings (SSSR count). The van der Waals surface area contributed by atoms with Crippen molar-refractivity contribution in [3.8, 4) is 22.6 Å². The number of nitrogens with one attached hydrogen (secondary N) is 1. The molecule has 0 aliphatic carbocycles. The summed E-state index contributed by atoms with van der Waals surface area (Å²) in [7, 11) is 2.62. The minimum absolute atomic E-state index is 0.0331. The Morgan fingerprint density at radius 1 is 1.10 bits per heavy atom. The van der Waals surface area contributed by atoms with Gasteiger partial charge in [0.1, 0.15) is 11.9 Å². The maximum absolute atomic E-state index is 14.8. The number of nitrogens with zero attached hydrogens (tertiary/aromatic N) is 3. The van der Waals surface area contributed by atoms with Gasteiger partial charge in [-0.05, 0) is 11.6 Å². The second-order valence-electron chi connectivity index (χ2n) is 6.55. The lowest BCUT2D eigenvalue weighted by molar-refractivity contribution is 0.354. The monoisotopic (exact) mass is 432 g/mol. The van der Waals surface area contributed by atoms with Crippen molar-refractivity contribution in [1.29, 1.82) is 0 Å². The second-order valence-corrected chi connectivity index (χ2v) is 7.78. The zero-order valence-electron chi connectivity index (χ0n) is 16.4. The van der Waals surface area contributed by atoms with Crippen molar-refractivity contribution in [2.75, 3.05) is 20.5 Å². The highest BCUT2D eigenvalue weighted by molar-refractivity contribution is 7.89. The molecule has 4 aromatic rings. The van der Waals surface area contributed by atoms with Crippen LogP contribution in [0, 0.1) is 11.6 Å². The highest BCUT2D eigenvalue weighted by atomic mass is 32.2.